The number of hydrogen-bond donors (Lipinski definition) is 0. The number of rotatable bonds is 2. The van der Waals surface area contributed by atoms with Crippen molar-refractivity contribution >= 4 is 0 Å². The van der Waals surface area contributed by atoms with Crippen LogP contribution in [0.1, 0.15) is 23.9 Å². The molecule has 0 saturated carbocycles. The second kappa shape index (κ2) is 3.94. The molecule has 15 heavy (non-hydrogen) atoms. The Balaban J connectivity index is 2.31. The second-order valence-electron chi connectivity index (χ2n) is 4.33. The van der Waals surface area contributed by atoms with Gasteiger partial charge in [0.15, 0.2) is 0 Å². The fourth-order valence-electron chi connectivity index (χ4n) is 2.33. The predicted octanol–water partition coefficient (Wildman–Crippen LogP) is 0.817. The Kier molecular flexibility index (Phi) is 2.80. The largest absolute Gasteiger partial charge is 0.272 e. The topological polar surface area (TPSA) is 24.3 Å². The van der Waals surface area contributed by atoms with Crippen LogP contribution in [0.2, 0.25) is 0 Å². The van der Waals surface area contributed by atoms with Gasteiger partial charge in [-0.05, 0) is 6.42 Å². The van der Waals surface area contributed by atoms with E-state index in [1.807, 2.05) is 4.68 Å². The van der Waals surface area contributed by atoms with E-state index in [1.54, 1.807) is 0 Å². The molecule has 4 nitrogen and oxygen atoms in total. The molecule has 0 aromatic carbocycles. The van der Waals surface area contributed by atoms with Crippen LogP contribution in [0.3, 0.4) is 0 Å². The number of aromatic nitrogens is 2. The second-order valence-corrected chi connectivity index (χ2v) is 4.33. The van der Waals surface area contributed by atoms with E-state index in [0.29, 0.717) is 0 Å². The molecule has 0 unspecified atom stereocenters. The van der Waals surface area contributed by atoms with Crippen LogP contribution in [0, 0.1) is 0 Å². The SMILES string of the molecule is CCc1c2c(nn1C)CCN(N(C)C)C2. The van der Waals surface area contributed by atoms with Gasteiger partial charge in [-0.2, -0.15) is 5.10 Å². The first-order valence-electron chi connectivity index (χ1n) is 5.59. The maximum Gasteiger partial charge on any atom is 0.0686 e. The number of aryl methyl sites for hydroxylation is 1. The van der Waals surface area contributed by atoms with Crippen molar-refractivity contribution < 1.29 is 0 Å². The Morgan fingerprint density at radius 2 is 2.13 bits per heavy atom. The summed E-state index contributed by atoms with van der Waals surface area (Å²) in [7, 11) is 6.26. The van der Waals surface area contributed by atoms with Crippen LogP contribution in [0.15, 0.2) is 0 Å². The normalized spacial score (nSPS) is 17.1. The van der Waals surface area contributed by atoms with Crippen LogP contribution in [0.5, 0.6) is 0 Å². The number of hydrazine groups is 1. The maximum absolute atomic E-state index is 4.59. The van der Waals surface area contributed by atoms with E-state index in [1.165, 1.54) is 17.0 Å². The van der Waals surface area contributed by atoms with Crippen LogP contribution >= 0.6 is 0 Å². The van der Waals surface area contributed by atoms with Gasteiger partial charge < -0.3 is 0 Å². The van der Waals surface area contributed by atoms with E-state index >= 15 is 0 Å². The standard InChI is InChI=1S/C11H20N4/c1-5-11-9-8-15(13(2)3)7-6-10(9)12-14(11)4/h5-8H2,1-4H3. The fraction of sp³-hybridized carbons (Fsp3) is 0.727. The Morgan fingerprint density at radius 3 is 2.73 bits per heavy atom. The zero-order chi connectivity index (χ0) is 11.0. The highest BCUT2D eigenvalue weighted by molar-refractivity contribution is 5.28. The summed E-state index contributed by atoms with van der Waals surface area (Å²) in [5.74, 6) is 0. The predicted molar refractivity (Wildman–Crippen MR) is 60.4 cm³/mol. The molecule has 1 aromatic heterocycles. The van der Waals surface area contributed by atoms with E-state index in [0.717, 1.165) is 25.9 Å². The van der Waals surface area contributed by atoms with Gasteiger partial charge >= 0.3 is 0 Å². The molecule has 0 atom stereocenters. The smallest absolute Gasteiger partial charge is 0.0686 e. The van der Waals surface area contributed by atoms with Crippen LogP contribution in [-0.2, 0) is 26.4 Å². The zero-order valence-corrected chi connectivity index (χ0v) is 10.1. The molecule has 4 heteroatoms. The summed E-state index contributed by atoms with van der Waals surface area (Å²) in [6.45, 7) is 4.30. The molecule has 0 amide bonds. The minimum atomic E-state index is 1.01. The van der Waals surface area contributed by atoms with Gasteiger partial charge in [-0.3, -0.25) is 4.68 Å². The van der Waals surface area contributed by atoms with Crippen molar-refractivity contribution in [1.29, 1.82) is 0 Å². The minimum absolute atomic E-state index is 1.01. The van der Waals surface area contributed by atoms with Crippen molar-refractivity contribution in [3.63, 3.8) is 0 Å². The lowest BCUT2D eigenvalue weighted by molar-refractivity contribution is 0.0107. The maximum atomic E-state index is 4.59. The van der Waals surface area contributed by atoms with Crippen LogP contribution in [0.4, 0.5) is 0 Å². The molecule has 0 spiro atoms. The van der Waals surface area contributed by atoms with Crippen LogP contribution < -0.4 is 0 Å². The molecule has 1 aliphatic rings. The molecule has 0 saturated heterocycles. The Bertz CT molecular complexity index is 354. The van der Waals surface area contributed by atoms with E-state index in [-0.39, 0.29) is 0 Å². The number of hydrogen-bond acceptors (Lipinski definition) is 3. The summed E-state index contributed by atoms with van der Waals surface area (Å²) in [5.41, 5.74) is 4.13. The molecule has 84 valence electrons. The van der Waals surface area contributed by atoms with Crippen LogP contribution in [-0.4, -0.2) is 40.4 Å². The van der Waals surface area contributed by atoms with Crippen molar-refractivity contribution in [3.05, 3.63) is 17.0 Å². The molecule has 2 heterocycles. The molecule has 1 aromatic rings. The van der Waals surface area contributed by atoms with E-state index in [9.17, 15) is 0 Å². The Hall–Kier alpha value is -0.870. The summed E-state index contributed by atoms with van der Waals surface area (Å²) < 4.78 is 2.05. The quantitative estimate of drug-likeness (QED) is 0.719. The first kappa shape index (κ1) is 10.6. The summed E-state index contributed by atoms with van der Waals surface area (Å²) in [5, 5.41) is 9.13. The number of fused-ring (bicyclic) bond motifs is 1. The van der Waals surface area contributed by atoms with Gasteiger partial charge in [0.05, 0.1) is 5.69 Å². The Morgan fingerprint density at radius 1 is 1.40 bits per heavy atom. The fourth-order valence-corrected chi connectivity index (χ4v) is 2.33. The number of nitrogens with zero attached hydrogens (tertiary/aromatic N) is 4. The molecule has 0 radical (unpaired) electrons. The average molecular weight is 208 g/mol. The molecule has 1 aliphatic heterocycles. The van der Waals surface area contributed by atoms with Gasteiger partial charge in [0, 0.05) is 51.9 Å². The molecular formula is C11H20N4. The lowest BCUT2D eigenvalue weighted by Gasteiger charge is -2.32. The van der Waals surface area contributed by atoms with E-state index in [2.05, 4.69) is 43.2 Å². The molecule has 0 N–H and O–H groups in total. The monoisotopic (exact) mass is 208 g/mol. The van der Waals surface area contributed by atoms with Gasteiger partial charge in [-0.25, -0.2) is 10.0 Å². The van der Waals surface area contributed by atoms with Crippen molar-refractivity contribution in [3.8, 4) is 0 Å². The first-order chi connectivity index (χ1) is 7.13. The summed E-state index contributed by atoms with van der Waals surface area (Å²) in [4.78, 5) is 0. The van der Waals surface area contributed by atoms with Crippen molar-refractivity contribution in [2.75, 3.05) is 20.6 Å². The lowest BCUT2D eigenvalue weighted by atomic mass is 10.1. The molecule has 0 bridgehead atoms. The summed E-state index contributed by atoms with van der Waals surface area (Å²) in [6, 6.07) is 0. The Labute approximate surface area is 91.4 Å². The third kappa shape index (κ3) is 1.79. The highest BCUT2D eigenvalue weighted by Gasteiger charge is 2.23. The molecular weight excluding hydrogens is 188 g/mol. The minimum Gasteiger partial charge on any atom is -0.272 e. The third-order valence-corrected chi connectivity index (χ3v) is 3.21. The molecule has 2 rings (SSSR count). The van der Waals surface area contributed by atoms with Crippen molar-refractivity contribution in [2.24, 2.45) is 7.05 Å². The highest BCUT2D eigenvalue weighted by Crippen LogP contribution is 2.22. The molecule has 0 aliphatic carbocycles. The van der Waals surface area contributed by atoms with Gasteiger partial charge in [-0.15, -0.1) is 0 Å². The van der Waals surface area contributed by atoms with Gasteiger partial charge in [0.2, 0.25) is 0 Å². The first-order valence-corrected chi connectivity index (χ1v) is 5.59. The average Bonchev–Trinajstić information content (AvgIpc) is 2.51. The van der Waals surface area contributed by atoms with Crippen molar-refractivity contribution in [1.82, 2.24) is 19.8 Å². The van der Waals surface area contributed by atoms with Gasteiger partial charge in [0.25, 0.3) is 0 Å². The van der Waals surface area contributed by atoms with Crippen molar-refractivity contribution in [2.45, 2.75) is 26.3 Å². The van der Waals surface area contributed by atoms with Crippen LogP contribution in [0.25, 0.3) is 0 Å². The van der Waals surface area contributed by atoms with Gasteiger partial charge in [0.1, 0.15) is 0 Å². The van der Waals surface area contributed by atoms with E-state index < -0.39 is 0 Å². The summed E-state index contributed by atoms with van der Waals surface area (Å²) >= 11 is 0. The van der Waals surface area contributed by atoms with Gasteiger partial charge in [-0.1, -0.05) is 6.92 Å². The zero-order valence-electron chi connectivity index (χ0n) is 10.1. The third-order valence-electron chi connectivity index (χ3n) is 3.21. The highest BCUT2D eigenvalue weighted by atomic mass is 15.6. The summed E-state index contributed by atoms with van der Waals surface area (Å²) in [6.07, 6.45) is 2.14. The van der Waals surface area contributed by atoms with E-state index in [4.69, 9.17) is 0 Å². The lowest BCUT2D eigenvalue weighted by Crippen LogP contribution is -2.40. The molecule has 0 fully saturated rings.